The van der Waals surface area contributed by atoms with Gasteiger partial charge < -0.3 is 19.4 Å². The first-order chi connectivity index (χ1) is 41.0. The third-order valence-electron chi connectivity index (χ3n) is 11.3. The predicted molar refractivity (Wildman–Crippen MR) is 281 cm³/mol. The molecular formula is C64H53IrN4O. The van der Waals surface area contributed by atoms with Gasteiger partial charge in [0.05, 0.1) is 19.0 Å². The normalized spacial score (nSPS) is 16.8. The quantitative estimate of drug-likeness (QED) is 0.0960. The summed E-state index contributed by atoms with van der Waals surface area (Å²) in [4.78, 5) is 17.2. The third kappa shape index (κ3) is 10.3. The van der Waals surface area contributed by atoms with E-state index in [-0.39, 0.29) is 92.5 Å². The molecule has 4 aromatic heterocycles. The van der Waals surface area contributed by atoms with Crippen molar-refractivity contribution in [1.29, 1.82) is 0 Å². The number of hydrogen-bond acceptors (Lipinski definition) is 4. The van der Waals surface area contributed by atoms with Crippen molar-refractivity contribution in [2.45, 2.75) is 77.7 Å². The van der Waals surface area contributed by atoms with Crippen LogP contribution in [0.3, 0.4) is 0 Å². The molecule has 0 radical (unpaired) electrons. The Kier molecular flexibility index (Phi) is 9.14. The molecule has 0 spiro atoms. The van der Waals surface area contributed by atoms with Gasteiger partial charge in [-0.25, -0.2) is 4.85 Å². The Morgan fingerprint density at radius 2 is 1.19 bits per heavy atom. The van der Waals surface area contributed by atoms with E-state index in [1.54, 1.807) is 54.6 Å². The molecule has 0 aliphatic heterocycles. The van der Waals surface area contributed by atoms with Crippen LogP contribution in [0.1, 0.15) is 110 Å². The number of hydrogen-bond donors (Lipinski definition) is 0. The van der Waals surface area contributed by atoms with Crippen LogP contribution in [-0.2, 0) is 58.3 Å². The van der Waals surface area contributed by atoms with E-state index in [1.807, 2.05) is 0 Å². The number of rotatable bonds is 15. The smallest absolute Gasteiger partial charge is 0.502 e. The van der Waals surface area contributed by atoms with Gasteiger partial charge in [0.2, 0.25) is 5.69 Å². The molecule has 0 saturated carbocycles. The van der Waals surface area contributed by atoms with Gasteiger partial charge in [-0.05, 0) is 129 Å². The second-order valence-electron chi connectivity index (χ2n) is 16.4. The summed E-state index contributed by atoms with van der Waals surface area (Å²) in [5.74, 6) is -3.17. The Balaban J connectivity index is 0.00000941. The van der Waals surface area contributed by atoms with E-state index < -0.39 is 96.9 Å². The van der Waals surface area contributed by atoms with Gasteiger partial charge in [0.25, 0.3) is 0 Å². The van der Waals surface area contributed by atoms with Crippen molar-refractivity contribution in [1.82, 2.24) is 15.0 Å². The largest absolute Gasteiger partial charge is 3.00 e. The molecule has 344 valence electrons. The number of furan rings is 1. The molecule has 70 heavy (non-hydrogen) atoms. The topological polar surface area (TPSA) is 56.2 Å². The van der Waals surface area contributed by atoms with Gasteiger partial charge >= 0.3 is 20.1 Å². The Labute approximate surface area is 452 Å². The monoisotopic (exact) mass is 1110 g/mol. The molecule has 6 aromatic carbocycles. The Hall–Kier alpha value is -7.29. The molecule has 0 atom stereocenters. The van der Waals surface area contributed by atoms with E-state index in [2.05, 4.69) is 38.0 Å². The number of benzene rings is 6. The molecular weight excluding hydrogens is 1030 g/mol. The maximum atomic E-state index is 9.76. The molecule has 10 rings (SSSR count). The fourth-order valence-corrected chi connectivity index (χ4v) is 7.93. The Morgan fingerprint density at radius 3 is 1.71 bits per heavy atom. The van der Waals surface area contributed by atoms with Crippen molar-refractivity contribution in [2.75, 3.05) is 0 Å². The van der Waals surface area contributed by atoms with E-state index in [1.165, 1.54) is 70.2 Å². The van der Waals surface area contributed by atoms with Crippen LogP contribution < -0.4 is 0 Å². The standard InChI is InChI=1S/C64H53N4O.Ir/c1-42(2)56-37-59(49-18-11-7-12-19-49)67-40-51(56)29-26-46-34-45(35-47(36-46)27-30-52-41-68-60(38-57(52)43(3)4)50-20-13-8-14-21-50)25-24-44-28-32-58(66-39-44)54-22-15-23-55-62-61(69-64(54)55)33-31-53(63(62)65-5)48-16-9-6-10-17-48;/h6-18,20,23,28,31-43H,24-27,29-30H2,1-4H3;/q-3;+3/i6D,9D,10D,16D,17D,24D2,25D2,26D2,27D2,29D2,30D2,42D,43D;. The molecule has 10 aromatic rings. The first-order valence-electron chi connectivity index (χ1n) is 31.4. The number of nitrogens with zero attached hydrogens (tertiary/aromatic N) is 4. The molecule has 6 heteroatoms. The van der Waals surface area contributed by atoms with Crippen molar-refractivity contribution in [3.63, 3.8) is 0 Å². The summed E-state index contributed by atoms with van der Waals surface area (Å²) in [6.07, 6.45) is -16.2. The van der Waals surface area contributed by atoms with E-state index in [0.717, 1.165) is 36.8 Å². The number of fused-ring (bicyclic) bond motifs is 3. The van der Waals surface area contributed by atoms with Crippen LogP contribution in [0.25, 0.3) is 71.7 Å². The van der Waals surface area contributed by atoms with Gasteiger partial charge in [0.15, 0.2) is 0 Å². The minimum atomic E-state index is -3.32. The third-order valence-corrected chi connectivity index (χ3v) is 11.3. The van der Waals surface area contributed by atoms with Crippen LogP contribution in [0.2, 0.25) is 0 Å². The van der Waals surface area contributed by atoms with Gasteiger partial charge in [-0.3, -0.25) is 0 Å². The summed E-state index contributed by atoms with van der Waals surface area (Å²) in [6, 6.07) is 34.2. The predicted octanol–water partition coefficient (Wildman–Crippen LogP) is 16.0. The molecule has 0 bridgehead atoms. The van der Waals surface area contributed by atoms with Crippen LogP contribution in [-0.4, -0.2) is 15.0 Å². The zero-order chi connectivity index (χ0) is 64.2. The first-order valence-corrected chi connectivity index (χ1v) is 21.9. The van der Waals surface area contributed by atoms with Gasteiger partial charge in [0, 0.05) is 43.2 Å². The van der Waals surface area contributed by atoms with Crippen molar-refractivity contribution in [3.8, 4) is 44.9 Å². The zero-order valence-electron chi connectivity index (χ0n) is 57.2. The fraction of sp³-hybridized carbons (Fsp3) is 0.188. The van der Waals surface area contributed by atoms with Crippen LogP contribution >= 0.6 is 0 Å². The maximum Gasteiger partial charge on any atom is 3.00 e. The molecule has 0 amide bonds. The maximum absolute atomic E-state index is 9.76. The minimum absolute atomic E-state index is 0. The van der Waals surface area contributed by atoms with Gasteiger partial charge in [-0.15, -0.1) is 90.0 Å². The summed E-state index contributed by atoms with van der Waals surface area (Å²) in [5, 5.41) is 0.625. The van der Waals surface area contributed by atoms with Crippen molar-refractivity contribution < 1.29 is 50.6 Å². The summed E-state index contributed by atoms with van der Waals surface area (Å²) in [5.41, 5.74) is -1.12. The van der Waals surface area contributed by atoms with Crippen molar-refractivity contribution in [2.24, 2.45) is 0 Å². The SMILES string of the molecule is [2H]c1c([2H])c([2H])c(-c2ccc3oc4c(-c5ccc(C([2H])([2H])C([2H])([2H])c6cc(C([2H])([2H])C([2H])([2H])c7cnc(-c8[c-]cccc8)cc7C([2H])(C)C)cc(C([2H])([2H])C([2H])([2H])c7cnc(-c8[c-]cccc8)cc7C([2H])(C)C)c6)cn5)[c-]ccc4c3c2[N+]#[C-])c([2H])c1[2H].[Ir+3]. The Bertz CT molecular complexity index is 4270. The van der Waals surface area contributed by atoms with E-state index in [9.17, 15) is 16.4 Å². The zero-order valence-corrected chi connectivity index (χ0v) is 40.6. The van der Waals surface area contributed by atoms with Crippen LogP contribution in [0.15, 0.2) is 168 Å². The first kappa shape index (κ1) is 29.7. The van der Waals surface area contributed by atoms with E-state index in [0.29, 0.717) is 27.9 Å². The molecule has 5 nitrogen and oxygen atoms in total. The number of aryl methyl sites for hydroxylation is 6. The van der Waals surface area contributed by atoms with Crippen molar-refractivity contribution >= 4 is 27.6 Å². The van der Waals surface area contributed by atoms with E-state index in [4.69, 9.17) is 20.6 Å². The molecule has 0 aliphatic carbocycles. The van der Waals surface area contributed by atoms with E-state index >= 15 is 0 Å². The number of pyridine rings is 3. The Morgan fingerprint density at radius 1 is 0.614 bits per heavy atom. The number of aromatic nitrogens is 3. The van der Waals surface area contributed by atoms with Gasteiger partial charge in [-0.2, -0.15) is 0 Å². The fourth-order valence-electron chi connectivity index (χ4n) is 7.93. The summed E-state index contributed by atoms with van der Waals surface area (Å²) >= 11 is 0. The summed E-state index contributed by atoms with van der Waals surface area (Å²) < 4.78 is 183. The van der Waals surface area contributed by atoms with Crippen LogP contribution in [0.5, 0.6) is 0 Å². The average Bonchev–Trinajstić information content (AvgIpc) is 1.31. The molecule has 4 heterocycles. The minimum Gasteiger partial charge on any atom is -0.502 e. The van der Waals surface area contributed by atoms with Crippen LogP contribution in [0.4, 0.5) is 5.69 Å². The van der Waals surface area contributed by atoms with Crippen LogP contribution in [0, 0.1) is 24.8 Å². The second kappa shape index (κ2) is 21.6. The van der Waals surface area contributed by atoms with Gasteiger partial charge in [-0.1, -0.05) is 117 Å². The molecule has 0 N–H and O–H groups in total. The summed E-state index contributed by atoms with van der Waals surface area (Å²) in [7, 11) is 0. The molecule has 0 saturated heterocycles. The molecule has 0 aliphatic rings. The molecule has 0 fully saturated rings. The average molecular weight is 1110 g/mol. The van der Waals surface area contributed by atoms with Crippen molar-refractivity contribution in [3.05, 3.63) is 238 Å². The molecule has 0 unspecified atom stereocenters. The second-order valence-corrected chi connectivity index (χ2v) is 16.4. The van der Waals surface area contributed by atoms with Gasteiger partial charge in [0.1, 0.15) is 5.58 Å². The summed E-state index contributed by atoms with van der Waals surface area (Å²) in [6.45, 7) is 14.1.